The van der Waals surface area contributed by atoms with Gasteiger partial charge in [0.25, 0.3) is 0 Å². The van der Waals surface area contributed by atoms with Crippen molar-refractivity contribution in [2.75, 3.05) is 31.1 Å². The van der Waals surface area contributed by atoms with Gasteiger partial charge in [-0.1, -0.05) is 29.8 Å². The van der Waals surface area contributed by atoms with Crippen LogP contribution in [0, 0.1) is 6.92 Å². The number of tetrazole rings is 1. The third kappa shape index (κ3) is 5.93. The minimum Gasteiger partial charge on any atom is -0.369 e. The van der Waals surface area contributed by atoms with Gasteiger partial charge >= 0.3 is 6.18 Å². The first kappa shape index (κ1) is 26.8. The van der Waals surface area contributed by atoms with Crippen molar-refractivity contribution in [3.63, 3.8) is 0 Å². The van der Waals surface area contributed by atoms with Crippen LogP contribution in [0.3, 0.4) is 0 Å². The van der Waals surface area contributed by atoms with Gasteiger partial charge in [-0.25, -0.2) is 13.1 Å². The summed E-state index contributed by atoms with van der Waals surface area (Å²) >= 11 is 0. The Labute approximate surface area is 223 Å². The molecule has 204 valence electrons. The van der Waals surface area contributed by atoms with Crippen molar-refractivity contribution in [3.05, 3.63) is 95.6 Å². The van der Waals surface area contributed by atoms with Crippen LogP contribution in [-0.2, 0) is 21.9 Å². The standard InChI is InChI=1S/C26H26F3N7O2S/c1-19-7-9-23(10-8-19)39(37,38)18-36-25(31-32-33-36)24(20-4-3-11-30-17-20)35-14-12-34(13-15-35)22-6-2-5-21(16-22)26(27,28)29/h2-11,16-17,24H,12-15,18H2,1H3/t24-/m1/s1. The second kappa shape index (κ2) is 10.7. The van der Waals surface area contributed by atoms with Gasteiger partial charge < -0.3 is 4.90 Å². The SMILES string of the molecule is Cc1ccc(S(=O)(=O)Cn2nnnc2[C@@H](c2cccnc2)N2CCN(c3cccc(C(F)(F)F)c3)CC2)cc1. The van der Waals surface area contributed by atoms with Gasteiger partial charge in [-0.2, -0.15) is 13.2 Å². The highest BCUT2D eigenvalue weighted by Gasteiger charge is 2.34. The molecule has 0 aliphatic carbocycles. The Bertz CT molecular complexity index is 1520. The van der Waals surface area contributed by atoms with Crippen molar-refractivity contribution in [1.82, 2.24) is 30.1 Å². The van der Waals surface area contributed by atoms with Crippen molar-refractivity contribution >= 4 is 15.5 Å². The van der Waals surface area contributed by atoms with E-state index < -0.39 is 33.5 Å². The molecule has 3 heterocycles. The first-order valence-electron chi connectivity index (χ1n) is 12.2. The number of benzene rings is 2. The Balaban J connectivity index is 1.40. The van der Waals surface area contributed by atoms with Gasteiger partial charge in [-0.3, -0.25) is 9.88 Å². The summed E-state index contributed by atoms with van der Waals surface area (Å²) in [5.74, 6) is -0.106. The minimum absolute atomic E-state index is 0.169. The maximum Gasteiger partial charge on any atom is 0.416 e. The largest absolute Gasteiger partial charge is 0.416 e. The van der Waals surface area contributed by atoms with Crippen molar-refractivity contribution in [3.8, 4) is 0 Å². The number of aryl methyl sites for hydroxylation is 1. The number of nitrogens with zero attached hydrogens (tertiary/aromatic N) is 7. The lowest BCUT2D eigenvalue weighted by Crippen LogP contribution is -2.48. The number of hydrogen-bond donors (Lipinski definition) is 0. The molecule has 0 saturated carbocycles. The molecule has 13 heteroatoms. The zero-order chi connectivity index (χ0) is 27.6. The molecular weight excluding hydrogens is 531 g/mol. The summed E-state index contributed by atoms with van der Waals surface area (Å²) in [7, 11) is -3.74. The average molecular weight is 558 g/mol. The predicted molar refractivity (Wildman–Crippen MR) is 137 cm³/mol. The van der Waals surface area contributed by atoms with Gasteiger partial charge in [0.05, 0.1) is 16.5 Å². The number of piperazine rings is 1. The Kier molecular flexibility index (Phi) is 7.36. The molecule has 5 rings (SSSR count). The summed E-state index contributed by atoms with van der Waals surface area (Å²) in [5.41, 5.74) is 1.52. The summed E-state index contributed by atoms with van der Waals surface area (Å²) in [6, 6.07) is 15.0. The molecule has 1 saturated heterocycles. The molecule has 4 aromatic rings. The lowest BCUT2D eigenvalue weighted by molar-refractivity contribution is -0.137. The summed E-state index contributed by atoms with van der Waals surface area (Å²) in [5, 5.41) is 12.0. The van der Waals surface area contributed by atoms with Crippen LogP contribution in [-0.4, -0.2) is 64.7 Å². The van der Waals surface area contributed by atoms with E-state index in [9.17, 15) is 21.6 Å². The average Bonchev–Trinajstić information content (AvgIpc) is 3.36. The summed E-state index contributed by atoms with van der Waals surface area (Å²) < 4.78 is 67.3. The second-order valence-corrected chi connectivity index (χ2v) is 11.3. The number of anilines is 1. The van der Waals surface area contributed by atoms with E-state index in [0.717, 1.165) is 23.3 Å². The highest BCUT2D eigenvalue weighted by Crippen LogP contribution is 2.33. The summed E-state index contributed by atoms with van der Waals surface area (Å²) in [6.45, 7) is 3.75. The quantitative estimate of drug-likeness (QED) is 0.339. The first-order valence-corrected chi connectivity index (χ1v) is 13.9. The monoisotopic (exact) mass is 557 g/mol. The zero-order valence-electron chi connectivity index (χ0n) is 21.0. The number of rotatable bonds is 7. The van der Waals surface area contributed by atoms with E-state index in [1.165, 1.54) is 10.7 Å². The molecule has 0 unspecified atom stereocenters. The van der Waals surface area contributed by atoms with Crippen LogP contribution in [0.5, 0.6) is 0 Å². The van der Waals surface area contributed by atoms with E-state index in [2.05, 4.69) is 25.4 Å². The molecule has 39 heavy (non-hydrogen) atoms. The number of alkyl halides is 3. The van der Waals surface area contributed by atoms with Gasteiger partial charge in [0.1, 0.15) is 0 Å². The Morgan fingerprint density at radius 3 is 2.38 bits per heavy atom. The van der Waals surface area contributed by atoms with E-state index in [0.29, 0.717) is 37.7 Å². The van der Waals surface area contributed by atoms with Crippen LogP contribution in [0.15, 0.2) is 78.0 Å². The third-order valence-corrected chi connectivity index (χ3v) is 8.27. The number of hydrogen-bond acceptors (Lipinski definition) is 8. The summed E-state index contributed by atoms with van der Waals surface area (Å²) in [6.07, 6.45) is -1.10. The fourth-order valence-corrected chi connectivity index (χ4v) is 5.86. The minimum atomic E-state index is -4.42. The summed E-state index contributed by atoms with van der Waals surface area (Å²) in [4.78, 5) is 8.38. The fraction of sp³-hybridized carbons (Fsp3) is 0.308. The van der Waals surface area contributed by atoms with Gasteiger partial charge in [-0.05, 0) is 59.3 Å². The van der Waals surface area contributed by atoms with Crippen LogP contribution in [0.2, 0.25) is 0 Å². The molecule has 0 amide bonds. The van der Waals surface area contributed by atoms with Gasteiger partial charge in [-0.15, -0.1) is 5.10 Å². The molecule has 2 aromatic heterocycles. The molecule has 0 radical (unpaired) electrons. The van der Waals surface area contributed by atoms with Crippen molar-refractivity contribution in [1.29, 1.82) is 0 Å². The smallest absolute Gasteiger partial charge is 0.369 e. The van der Waals surface area contributed by atoms with Crippen LogP contribution in [0.4, 0.5) is 18.9 Å². The lowest BCUT2D eigenvalue weighted by atomic mass is 10.1. The van der Waals surface area contributed by atoms with E-state index in [-0.39, 0.29) is 4.90 Å². The molecule has 0 spiro atoms. The number of halogens is 3. The number of sulfone groups is 1. The van der Waals surface area contributed by atoms with Crippen molar-refractivity contribution in [2.45, 2.75) is 29.9 Å². The molecule has 1 atom stereocenters. The number of aromatic nitrogens is 5. The molecular formula is C26H26F3N7O2S. The van der Waals surface area contributed by atoms with E-state index in [1.807, 2.05) is 17.9 Å². The molecule has 2 aromatic carbocycles. The Morgan fingerprint density at radius 1 is 0.974 bits per heavy atom. The third-order valence-electron chi connectivity index (χ3n) is 6.69. The normalized spacial score (nSPS) is 15.8. The van der Waals surface area contributed by atoms with E-state index in [4.69, 9.17) is 0 Å². The van der Waals surface area contributed by atoms with Crippen molar-refractivity contribution in [2.24, 2.45) is 0 Å². The molecule has 1 aliphatic heterocycles. The van der Waals surface area contributed by atoms with Crippen molar-refractivity contribution < 1.29 is 21.6 Å². The zero-order valence-corrected chi connectivity index (χ0v) is 21.8. The maximum absolute atomic E-state index is 13.2. The van der Waals surface area contributed by atoms with Gasteiger partial charge in [0.2, 0.25) is 0 Å². The molecule has 1 fully saturated rings. The molecule has 0 bridgehead atoms. The topological polar surface area (TPSA) is 97.1 Å². The lowest BCUT2D eigenvalue weighted by Gasteiger charge is -2.39. The first-order chi connectivity index (χ1) is 18.6. The molecule has 0 N–H and O–H groups in total. The number of pyridine rings is 1. The molecule has 1 aliphatic rings. The highest BCUT2D eigenvalue weighted by atomic mass is 32.2. The van der Waals surface area contributed by atoms with E-state index >= 15 is 0 Å². The predicted octanol–water partition coefficient (Wildman–Crippen LogP) is 3.74. The second-order valence-electron chi connectivity index (χ2n) is 9.35. The van der Waals surface area contributed by atoms with E-state index in [1.54, 1.807) is 48.8 Å². The Morgan fingerprint density at radius 2 is 1.72 bits per heavy atom. The molecule has 9 nitrogen and oxygen atoms in total. The maximum atomic E-state index is 13.2. The van der Waals surface area contributed by atoms with Crippen LogP contribution >= 0.6 is 0 Å². The Hall–Kier alpha value is -3.84. The van der Waals surface area contributed by atoms with Gasteiger partial charge in [0.15, 0.2) is 21.5 Å². The highest BCUT2D eigenvalue weighted by molar-refractivity contribution is 7.90. The van der Waals surface area contributed by atoms with Crippen LogP contribution < -0.4 is 4.90 Å². The van der Waals surface area contributed by atoms with Crippen LogP contribution in [0.25, 0.3) is 0 Å². The van der Waals surface area contributed by atoms with Gasteiger partial charge in [0, 0.05) is 44.3 Å². The van der Waals surface area contributed by atoms with Crippen LogP contribution in [0.1, 0.15) is 28.6 Å². The fourth-order valence-electron chi connectivity index (χ4n) is 4.66.